The van der Waals surface area contributed by atoms with Gasteiger partial charge in [-0.1, -0.05) is 18.6 Å². The number of nitrogens with zero attached hydrogens (tertiary/aromatic N) is 2. The Morgan fingerprint density at radius 1 is 1.15 bits per heavy atom. The molecule has 0 aliphatic carbocycles. The minimum Gasteiger partial charge on any atom is -0.491 e. The van der Waals surface area contributed by atoms with Crippen molar-refractivity contribution in [2.45, 2.75) is 39.7 Å². The molecule has 2 rings (SSSR count). The van der Waals surface area contributed by atoms with E-state index in [1.54, 1.807) is 7.11 Å². The molecule has 27 heavy (non-hydrogen) atoms. The quantitative estimate of drug-likeness (QED) is 0.373. The Labute approximate surface area is 164 Å². The van der Waals surface area contributed by atoms with Crippen LogP contribution in [0.3, 0.4) is 0 Å². The summed E-state index contributed by atoms with van der Waals surface area (Å²) in [4.78, 5) is 7.28. The van der Waals surface area contributed by atoms with Crippen LogP contribution in [-0.4, -0.2) is 63.9 Å². The van der Waals surface area contributed by atoms with Crippen LogP contribution in [0, 0.1) is 6.92 Å². The monoisotopic (exact) mass is 376 g/mol. The minimum absolute atomic E-state index is 0.546. The van der Waals surface area contributed by atoms with Gasteiger partial charge in [-0.2, -0.15) is 0 Å². The Bertz CT molecular complexity index is 571. The maximum atomic E-state index is 5.87. The summed E-state index contributed by atoms with van der Waals surface area (Å²) < 4.78 is 11.0. The third kappa shape index (κ3) is 8.18. The third-order valence-electron chi connectivity index (χ3n) is 4.69. The predicted molar refractivity (Wildman–Crippen MR) is 112 cm³/mol. The van der Waals surface area contributed by atoms with Gasteiger partial charge in [0.1, 0.15) is 12.4 Å². The molecule has 1 saturated heterocycles. The molecular formula is C21H36N4O2. The van der Waals surface area contributed by atoms with E-state index in [9.17, 15) is 0 Å². The van der Waals surface area contributed by atoms with Gasteiger partial charge in [-0.15, -0.1) is 0 Å². The van der Waals surface area contributed by atoms with Gasteiger partial charge in [0, 0.05) is 32.3 Å². The van der Waals surface area contributed by atoms with E-state index in [1.807, 2.05) is 0 Å². The molecule has 0 radical (unpaired) electrons. The van der Waals surface area contributed by atoms with Crippen molar-refractivity contribution in [2.24, 2.45) is 4.99 Å². The first-order valence-corrected chi connectivity index (χ1v) is 10.2. The Kier molecular flexibility index (Phi) is 10.0. The molecule has 1 aliphatic heterocycles. The molecule has 0 unspecified atom stereocenters. The smallest absolute Gasteiger partial charge is 0.191 e. The van der Waals surface area contributed by atoms with E-state index in [0.717, 1.165) is 36.9 Å². The topological polar surface area (TPSA) is 58.1 Å². The van der Waals surface area contributed by atoms with Crippen LogP contribution in [0.5, 0.6) is 5.75 Å². The lowest BCUT2D eigenvalue weighted by atomic mass is 10.1. The number of hydrogen-bond acceptors (Lipinski definition) is 4. The van der Waals surface area contributed by atoms with E-state index in [0.29, 0.717) is 19.8 Å². The zero-order valence-corrected chi connectivity index (χ0v) is 17.2. The first-order chi connectivity index (χ1) is 13.2. The highest BCUT2D eigenvalue weighted by Gasteiger charge is 2.10. The van der Waals surface area contributed by atoms with Crippen LogP contribution in [0.4, 0.5) is 0 Å². The summed E-state index contributed by atoms with van der Waals surface area (Å²) in [6.45, 7) is 11.2. The lowest BCUT2D eigenvalue weighted by molar-refractivity contribution is 0.145. The number of piperidine rings is 1. The summed E-state index contributed by atoms with van der Waals surface area (Å²) in [7, 11) is 1.68. The molecule has 2 N–H and O–H groups in total. The van der Waals surface area contributed by atoms with Gasteiger partial charge >= 0.3 is 0 Å². The highest BCUT2D eigenvalue weighted by Crippen LogP contribution is 2.21. The third-order valence-corrected chi connectivity index (χ3v) is 4.69. The normalized spacial score (nSPS) is 15.6. The van der Waals surface area contributed by atoms with Crippen molar-refractivity contribution in [3.63, 3.8) is 0 Å². The average Bonchev–Trinajstić information content (AvgIpc) is 2.68. The number of methoxy groups -OCH3 is 1. The van der Waals surface area contributed by atoms with Crippen LogP contribution in [0.1, 0.15) is 37.3 Å². The van der Waals surface area contributed by atoms with Crippen molar-refractivity contribution in [1.82, 2.24) is 15.5 Å². The second kappa shape index (κ2) is 12.6. The molecule has 1 aromatic rings. The van der Waals surface area contributed by atoms with Crippen LogP contribution < -0.4 is 15.4 Å². The molecule has 152 valence electrons. The molecule has 6 heteroatoms. The second-order valence-electron chi connectivity index (χ2n) is 6.98. The molecule has 1 aliphatic rings. The maximum absolute atomic E-state index is 5.87. The Hall–Kier alpha value is -1.79. The SMILES string of the molecule is CCNC(=NCc1ccc(C)cc1OCCOC)NCCN1CCCCC1. The first-order valence-electron chi connectivity index (χ1n) is 10.2. The van der Waals surface area contributed by atoms with E-state index < -0.39 is 0 Å². The van der Waals surface area contributed by atoms with Gasteiger partial charge in [-0.25, -0.2) is 4.99 Å². The van der Waals surface area contributed by atoms with Gasteiger partial charge in [0.2, 0.25) is 0 Å². The van der Waals surface area contributed by atoms with E-state index in [1.165, 1.54) is 37.9 Å². The summed E-state index contributed by atoms with van der Waals surface area (Å²) in [6, 6.07) is 6.26. The first kappa shape index (κ1) is 21.5. The standard InChI is InChI=1S/C21H36N4O2/c1-4-22-21(23-10-13-25-11-6-5-7-12-25)24-17-19-9-8-18(2)16-20(19)27-15-14-26-3/h8-9,16H,4-7,10-15,17H2,1-3H3,(H2,22,23,24). The average molecular weight is 377 g/mol. The van der Waals surface area contributed by atoms with E-state index in [-0.39, 0.29) is 0 Å². The molecule has 6 nitrogen and oxygen atoms in total. The zero-order valence-electron chi connectivity index (χ0n) is 17.2. The molecule has 1 heterocycles. The van der Waals surface area contributed by atoms with E-state index >= 15 is 0 Å². The number of aryl methyl sites for hydroxylation is 1. The fourth-order valence-electron chi connectivity index (χ4n) is 3.18. The molecule has 0 saturated carbocycles. The second-order valence-corrected chi connectivity index (χ2v) is 6.98. The molecule has 0 spiro atoms. The number of likely N-dealkylation sites (tertiary alicyclic amines) is 1. The van der Waals surface area contributed by atoms with E-state index in [4.69, 9.17) is 14.5 Å². The lowest BCUT2D eigenvalue weighted by Gasteiger charge is -2.26. The predicted octanol–water partition coefficient (Wildman–Crippen LogP) is 2.56. The van der Waals surface area contributed by atoms with Gasteiger partial charge in [-0.3, -0.25) is 0 Å². The molecule has 1 aromatic carbocycles. The lowest BCUT2D eigenvalue weighted by Crippen LogP contribution is -2.42. The largest absolute Gasteiger partial charge is 0.491 e. The van der Waals surface area contributed by atoms with Gasteiger partial charge in [0.05, 0.1) is 13.2 Å². The Morgan fingerprint density at radius 3 is 2.70 bits per heavy atom. The summed E-state index contributed by atoms with van der Waals surface area (Å²) in [6.07, 6.45) is 4.03. The number of benzene rings is 1. The number of rotatable bonds is 10. The fourth-order valence-corrected chi connectivity index (χ4v) is 3.18. The highest BCUT2D eigenvalue weighted by molar-refractivity contribution is 5.79. The molecule has 0 aromatic heterocycles. The maximum Gasteiger partial charge on any atom is 0.191 e. The van der Waals surface area contributed by atoms with Crippen LogP contribution >= 0.6 is 0 Å². The molecule has 1 fully saturated rings. The number of aliphatic imine (C=N–C) groups is 1. The summed E-state index contributed by atoms with van der Waals surface area (Å²) in [5, 5.41) is 6.79. The van der Waals surface area contributed by atoms with Crippen LogP contribution in [-0.2, 0) is 11.3 Å². The number of hydrogen-bond donors (Lipinski definition) is 2. The molecule has 0 amide bonds. The van der Waals surface area contributed by atoms with Crippen LogP contribution in [0.15, 0.2) is 23.2 Å². The Morgan fingerprint density at radius 2 is 1.96 bits per heavy atom. The summed E-state index contributed by atoms with van der Waals surface area (Å²) >= 11 is 0. The van der Waals surface area contributed by atoms with Crippen molar-refractivity contribution < 1.29 is 9.47 Å². The van der Waals surface area contributed by atoms with Crippen molar-refractivity contribution in [3.05, 3.63) is 29.3 Å². The molecular weight excluding hydrogens is 340 g/mol. The zero-order chi connectivity index (χ0) is 19.3. The number of nitrogens with one attached hydrogen (secondary N) is 2. The van der Waals surface area contributed by atoms with Gasteiger partial charge in [0.25, 0.3) is 0 Å². The van der Waals surface area contributed by atoms with Crippen molar-refractivity contribution in [1.29, 1.82) is 0 Å². The number of ether oxygens (including phenoxy) is 2. The fraction of sp³-hybridized carbons (Fsp3) is 0.667. The minimum atomic E-state index is 0.546. The van der Waals surface area contributed by atoms with Gasteiger partial charge in [-0.05, 0) is 51.4 Å². The van der Waals surface area contributed by atoms with Crippen molar-refractivity contribution in [3.8, 4) is 5.75 Å². The molecule has 0 atom stereocenters. The van der Waals surface area contributed by atoms with Gasteiger partial charge in [0.15, 0.2) is 5.96 Å². The Balaban J connectivity index is 1.90. The molecule has 0 bridgehead atoms. The highest BCUT2D eigenvalue weighted by atomic mass is 16.5. The van der Waals surface area contributed by atoms with Crippen molar-refractivity contribution in [2.75, 3.05) is 53.0 Å². The van der Waals surface area contributed by atoms with Gasteiger partial charge < -0.3 is 25.0 Å². The summed E-state index contributed by atoms with van der Waals surface area (Å²) in [5.74, 6) is 1.75. The van der Waals surface area contributed by atoms with Crippen LogP contribution in [0.2, 0.25) is 0 Å². The van der Waals surface area contributed by atoms with E-state index in [2.05, 4.69) is 47.6 Å². The van der Waals surface area contributed by atoms with Crippen LogP contribution in [0.25, 0.3) is 0 Å². The number of guanidine groups is 1. The van der Waals surface area contributed by atoms with Crippen molar-refractivity contribution >= 4 is 5.96 Å². The summed E-state index contributed by atoms with van der Waals surface area (Å²) in [5.41, 5.74) is 2.27.